The van der Waals surface area contributed by atoms with Crippen LogP contribution >= 0.6 is 0 Å². The molecule has 2 aromatic rings. The largest absolute Gasteiger partial charge is 0.459 e. The standard InChI is InChI=1S/C16H17FN2O3/c1-8-11-7-10(17)3-5-13(11)22-15(8)9(2)18-16(21)12-4-6-14(20)19-12/h3,5,7,9,12H,4,6H2,1-2H3,(H,18,21)(H,19,20). The van der Waals surface area contributed by atoms with Crippen LogP contribution in [-0.2, 0) is 9.59 Å². The molecule has 1 aliphatic rings. The first-order valence-corrected chi connectivity index (χ1v) is 7.24. The molecule has 22 heavy (non-hydrogen) atoms. The molecule has 2 unspecified atom stereocenters. The molecular weight excluding hydrogens is 287 g/mol. The Balaban J connectivity index is 1.80. The smallest absolute Gasteiger partial charge is 0.243 e. The van der Waals surface area contributed by atoms with Crippen molar-refractivity contribution in [3.8, 4) is 0 Å². The lowest BCUT2D eigenvalue weighted by atomic mass is 10.1. The maximum absolute atomic E-state index is 13.3. The molecule has 2 heterocycles. The number of hydrogen-bond donors (Lipinski definition) is 2. The van der Waals surface area contributed by atoms with Crippen molar-refractivity contribution in [2.24, 2.45) is 0 Å². The number of aryl methyl sites for hydroxylation is 1. The molecule has 0 aliphatic carbocycles. The number of hydrogen-bond acceptors (Lipinski definition) is 3. The maximum Gasteiger partial charge on any atom is 0.243 e. The SMILES string of the molecule is Cc1c(C(C)NC(=O)C2CCC(=O)N2)oc2ccc(F)cc12. The summed E-state index contributed by atoms with van der Waals surface area (Å²) in [6.07, 6.45) is 0.872. The molecule has 1 saturated heterocycles. The summed E-state index contributed by atoms with van der Waals surface area (Å²) in [5.74, 6) is -0.0702. The van der Waals surface area contributed by atoms with Gasteiger partial charge in [0.2, 0.25) is 11.8 Å². The van der Waals surface area contributed by atoms with Crippen LogP contribution in [0, 0.1) is 12.7 Å². The van der Waals surface area contributed by atoms with Crippen molar-refractivity contribution >= 4 is 22.8 Å². The molecule has 1 aromatic carbocycles. The second-order valence-electron chi connectivity index (χ2n) is 5.62. The zero-order chi connectivity index (χ0) is 15.9. The number of carbonyl (C=O) groups excluding carboxylic acids is 2. The van der Waals surface area contributed by atoms with Gasteiger partial charge in [-0.2, -0.15) is 0 Å². The van der Waals surface area contributed by atoms with Crippen LogP contribution in [0.4, 0.5) is 4.39 Å². The highest BCUT2D eigenvalue weighted by Gasteiger charge is 2.29. The highest BCUT2D eigenvalue weighted by molar-refractivity contribution is 5.91. The monoisotopic (exact) mass is 304 g/mol. The van der Waals surface area contributed by atoms with Gasteiger partial charge in [-0.1, -0.05) is 0 Å². The lowest BCUT2D eigenvalue weighted by Gasteiger charge is -2.16. The summed E-state index contributed by atoms with van der Waals surface area (Å²) in [5, 5.41) is 6.16. The number of halogens is 1. The van der Waals surface area contributed by atoms with Crippen molar-refractivity contribution in [1.82, 2.24) is 10.6 Å². The second kappa shape index (κ2) is 5.44. The molecule has 0 spiro atoms. The number of rotatable bonds is 3. The lowest BCUT2D eigenvalue weighted by molar-refractivity contribution is -0.126. The summed E-state index contributed by atoms with van der Waals surface area (Å²) in [7, 11) is 0. The van der Waals surface area contributed by atoms with Gasteiger partial charge in [0.25, 0.3) is 0 Å². The van der Waals surface area contributed by atoms with Crippen molar-refractivity contribution in [3.05, 3.63) is 35.3 Å². The summed E-state index contributed by atoms with van der Waals surface area (Å²) in [5.41, 5.74) is 1.39. The van der Waals surface area contributed by atoms with E-state index in [9.17, 15) is 14.0 Å². The first-order chi connectivity index (χ1) is 10.5. The summed E-state index contributed by atoms with van der Waals surface area (Å²) >= 11 is 0. The number of carbonyl (C=O) groups is 2. The van der Waals surface area contributed by atoms with Crippen LogP contribution in [0.5, 0.6) is 0 Å². The zero-order valence-electron chi connectivity index (χ0n) is 12.4. The highest BCUT2D eigenvalue weighted by Crippen LogP contribution is 2.30. The van der Waals surface area contributed by atoms with E-state index in [-0.39, 0.29) is 23.7 Å². The van der Waals surface area contributed by atoms with Crippen LogP contribution in [-0.4, -0.2) is 17.9 Å². The molecule has 2 atom stereocenters. The number of nitrogens with one attached hydrogen (secondary N) is 2. The maximum atomic E-state index is 13.3. The van der Waals surface area contributed by atoms with E-state index in [0.717, 1.165) is 5.56 Å². The molecule has 0 saturated carbocycles. The Morgan fingerprint density at radius 3 is 2.95 bits per heavy atom. The molecule has 0 radical (unpaired) electrons. The fourth-order valence-electron chi connectivity index (χ4n) is 2.82. The number of amides is 2. The van der Waals surface area contributed by atoms with Crippen molar-refractivity contribution in [2.45, 2.75) is 38.8 Å². The first kappa shape index (κ1) is 14.6. The Kier molecular flexibility index (Phi) is 3.60. The van der Waals surface area contributed by atoms with Crippen LogP contribution in [0.15, 0.2) is 22.6 Å². The van der Waals surface area contributed by atoms with E-state index >= 15 is 0 Å². The predicted octanol–water partition coefficient (Wildman–Crippen LogP) is 2.34. The molecule has 1 fully saturated rings. The van der Waals surface area contributed by atoms with Crippen LogP contribution in [0.2, 0.25) is 0 Å². The highest BCUT2D eigenvalue weighted by atomic mass is 19.1. The number of benzene rings is 1. The Morgan fingerprint density at radius 2 is 2.27 bits per heavy atom. The molecular formula is C16H17FN2O3. The molecule has 1 aliphatic heterocycles. The van der Waals surface area contributed by atoms with Gasteiger partial charge in [-0.15, -0.1) is 0 Å². The van der Waals surface area contributed by atoms with Crippen molar-refractivity contribution in [1.29, 1.82) is 0 Å². The summed E-state index contributed by atoms with van der Waals surface area (Å²) in [4.78, 5) is 23.3. The first-order valence-electron chi connectivity index (χ1n) is 7.24. The third kappa shape index (κ3) is 2.56. The Labute approximate surface area is 126 Å². The second-order valence-corrected chi connectivity index (χ2v) is 5.62. The summed E-state index contributed by atoms with van der Waals surface area (Å²) < 4.78 is 19.1. The van der Waals surface area contributed by atoms with Crippen molar-refractivity contribution < 1.29 is 18.4 Å². The van der Waals surface area contributed by atoms with E-state index < -0.39 is 6.04 Å². The summed E-state index contributed by atoms with van der Waals surface area (Å²) in [6.45, 7) is 3.64. The molecule has 3 rings (SSSR count). The van der Waals surface area contributed by atoms with E-state index in [1.54, 1.807) is 13.0 Å². The fraction of sp³-hybridized carbons (Fsp3) is 0.375. The number of fused-ring (bicyclic) bond motifs is 1. The Bertz CT molecular complexity index is 753. The zero-order valence-corrected chi connectivity index (χ0v) is 12.4. The average Bonchev–Trinajstić information content (AvgIpc) is 3.04. The Morgan fingerprint density at radius 1 is 1.50 bits per heavy atom. The van der Waals surface area contributed by atoms with Gasteiger partial charge in [-0.05, 0) is 38.5 Å². The van der Waals surface area contributed by atoms with Gasteiger partial charge < -0.3 is 15.1 Å². The fourth-order valence-corrected chi connectivity index (χ4v) is 2.82. The minimum Gasteiger partial charge on any atom is -0.459 e. The van der Waals surface area contributed by atoms with Crippen LogP contribution in [0.3, 0.4) is 0 Å². The van der Waals surface area contributed by atoms with Crippen molar-refractivity contribution in [3.63, 3.8) is 0 Å². The van der Waals surface area contributed by atoms with E-state index in [0.29, 0.717) is 29.6 Å². The van der Waals surface area contributed by atoms with E-state index in [2.05, 4.69) is 10.6 Å². The van der Waals surface area contributed by atoms with Gasteiger partial charge in [0.15, 0.2) is 0 Å². The molecule has 0 bridgehead atoms. The van der Waals surface area contributed by atoms with Gasteiger partial charge in [0, 0.05) is 17.4 Å². The molecule has 2 amide bonds. The minimum absolute atomic E-state index is 0.108. The average molecular weight is 304 g/mol. The van der Waals surface area contributed by atoms with E-state index in [1.807, 2.05) is 6.92 Å². The molecule has 116 valence electrons. The summed E-state index contributed by atoms with van der Waals surface area (Å²) in [6, 6.07) is 3.49. The third-order valence-electron chi connectivity index (χ3n) is 4.00. The minimum atomic E-state index is -0.489. The van der Waals surface area contributed by atoms with E-state index in [1.165, 1.54) is 12.1 Å². The Hall–Kier alpha value is -2.37. The normalized spacial score (nSPS) is 19.2. The molecule has 6 heteroatoms. The third-order valence-corrected chi connectivity index (χ3v) is 4.00. The van der Waals surface area contributed by atoms with E-state index in [4.69, 9.17) is 4.42 Å². The molecule has 5 nitrogen and oxygen atoms in total. The van der Waals surface area contributed by atoms with Gasteiger partial charge >= 0.3 is 0 Å². The predicted molar refractivity (Wildman–Crippen MR) is 78.6 cm³/mol. The lowest BCUT2D eigenvalue weighted by Crippen LogP contribution is -2.42. The van der Waals surface area contributed by atoms with Crippen LogP contribution < -0.4 is 10.6 Å². The van der Waals surface area contributed by atoms with Gasteiger partial charge in [0.05, 0.1) is 6.04 Å². The van der Waals surface area contributed by atoms with Crippen molar-refractivity contribution in [2.75, 3.05) is 0 Å². The van der Waals surface area contributed by atoms with Gasteiger partial charge in [-0.25, -0.2) is 4.39 Å². The van der Waals surface area contributed by atoms with Crippen LogP contribution in [0.1, 0.15) is 37.1 Å². The molecule has 1 aromatic heterocycles. The van der Waals surface area contributed by atoms with Gasteiger partial charge in [-0.3, -0.25) is 9.59 Å². The molecule has 2 N–H and O–H groups in total. The topological polar surface area (TPSA) is 71.3 Å². The van der Waals surface area contributed by atoms with Crippen LogP contribution in [0.25, 0.3) is 11.0 Å². The quantitative estimate of drug-likeness (QED) is 0.914. The number of furan rings is 1. The van der Waals surface area contributed by atoms with Gasteiger partial charge in [0.1, 0.15) is 23.2 Å².